The Morgan fingerprint density at radius 1 is 1.18 bits per heavy atom. The van der Waals surface area contributed by atoms with Gasteiger partial charge in [0, 0.05) is 12.6 Å². The van der Waals surface area contributed by atoms with E-state index in [1.54, 1.807) is 7.11 Å². The maximum absolute atomic E-state index is 12.3. The minimum absolute atomic E-state index is 0.00688. The van der Waals surface area contributed by atoms with E-state index < -0.39 is 0 Å². The molecule has 0 saturated heterocycles. The number of hydrogen-bond donors (Lipinski definition) is 1. The summed E-state index contributed by atoms with van der Waals surface area (Å²) < 4.78 is 7.44. The number of nitrogens with one attached hydrogen (secondary N) is 1. The lowest BCUT2D eigenvalue weighted by Crippen LogP contribution is -2.24. The molecule has 1 amide bonds. The number of nitrogens with zero attached hydrogens (tertiary/aromatic N) is 2. The Morgan fingerprint density at radius 3 is 2.61 bits per heavy atom. The number of carbonyl (C=O) groups excluding carboxylic acids is 1. The molecular weight excluding hydrogens is 370 g/mol. The highest BCUT2D eigenvalue weighted by Gasteiger charge is 2.29. The summed E-state index contributed by atoms with van der Waals surface area (Å²) in [5.41, 5.74) is 3.34. The average molecular weight is 394 g/mol. The van der Waals surface area contributed by atoms with E-state index in [4.69, 9.17) is 4.74 Å². The second-order valence-electron chi connectivity index (χ2n) is 6.81. The van der Waals surface area contributed by atoms with Crippen molar-refractivity contribution >= 4 is 17.7 Å². The Morgan fingerprint density at radius 2 is 1.93 bits per heavy atom. The monoisotopic (exact) mass is 393 g/mol. The number of methoxy groups -OCH3 is 1. The molecule has 1 fully saturated rings. The molecule has 2 aromatic carbocycles. The summed E-state index contributed by atoms with van der Waals surface area (Å²) in [6.07, 6.45) is 4.27. The van der Waals surface area contributed by atoms with E-state index >= 15 is 0 Å². The highest BCUT2D eigenvalue weighted by molar-refractivity contribution is 7.99. The molecule has 1 heterocycles. The lowest BCUT2D eigenvalue weighted by atomic mass is 10.2. The predicted octanol–water partition coefficient (Wildman–Crippen LogP) is 4.30. The van der Waals surface area contributed by atoms with Gasteiger partial charge in [0.05, 0.1) is 24.8 Å². The van der Waals surface area contributed by atoms with Gasteiger partial charge in [0.25, 0.3) is 0 Å². The summed E-state index contributed by atoms with van der Waals surface area (Å²) in [7, 11) is 1.64. The lowest BCUT2D eigenvalue weighted by Gasteiger charge is -2.11. The molecule has 28 heavy (non-hydrogen) atoms. The molecule has 5 nitrogen and oxygen atoms in total. The average Bonchev–Trinajstić information content (AvgIpc) is 3.50. The molecule has 1 N–H and O–H groups in total. The minimum atomic E-state index is 0.00688. The van der Waals surface area contributed by atoms with Crippen molar-refractivity contribution < 1.29 is 9.53 Å². The molecule has 1 aliphatic rings. The normalized spacial score (nSPS) is 13.3. The smallest absolute Gasteiger partial charge is 0.230 e. The van der Waals surface area contributed by atoms with Crippen LogP contribution in [0.2, 0.25) is 0 Å². The van der Waals surface area contributed by atoms with Crippen molar-refractivity contribution in [3.05, 3.63) is 66.4 Å². The van der Waals surface area contributed by atoms with Gasteiger partial charge in [-0.25, -0.2) is 4.98 Å². The molecule has 1 aliphatic carbocycles. The van der Waals surface area contributed by atoms with Gasteiger partial charge in [0.2, 0.25) is 5.91 Å². The minimum Gasteiger partial charge on any atom is -0.497 e. The maximum atomic E-state index is 12.3. The fourth-order valence-electron chi connectivity index (χ4n) is 3.08. The van der Waals surface area contributed by atoms with Crippen molar-refractivity contribution in [1.82, 2.24) is 14.9 Å². The Balaban J connectivity index is 1.36. The molecule has 0 bridgehead atoms. The second kappa shape index (κ2) is 8.52. The number of imidazole rings is 1. The van der Waals surface area contributed by atoms with Gasteiger partial charge in [-0.15, -0.1) is 0 Å². The second-order valence-corrected chi connectivity index (χ2v) is 7.75. The number of benzene rings is 2. The number of ether oxygens (including phenoxy) is 1. The molecule has 6 heteroatoms. The number of hydrogen-bond acceptors (Lipinski definition) is 4. The predicted molar refractivity (Wildman–Crippen MR) is 111 cm³/mol. The first-order valence-corrected chi connectivity index (χ1v) is 10.4. The summed E-state index contributed by atoms with van der Waals surface area (Å²) in [5.74, 6) is 1.17. The number of carbonyl (C=O) groups is 1. The Bertz CT molecular complexity index is 934. The van der Waals surface area contributed by atoms with E-state index in [0.29, 0.717) is 18.3 Å². The quantitative estimate of drug-likeness (QED) is 0.580. The zero-order valence-corrected chi connectivity index (χ0v) is 16.6. The molecule has 0 aliphatic heterocycles. The highest BCUT2D eigenvalue weighted by atomic mass is 32.2. The van der Waals surface area contributed by atoms with Gasteiger partial charge in [-0.2, -0.15) is 0 Å². The number of thioether (sulfide) groups is 1. The first kappa shape index (κ1) is 18.6. The van der Waals surface area contributed by atoms with Crippen molar-refractivity contribution in [1.29, 1.82) is 0 Å². The van der Waals surface area contributed by atoms with E-state index in [1.165, 1.54) is 24.6 Å². The summed E-state index contributed by atoms with van der Waals surface area (Å²) >= 11 is 1.50. The summed E-state index contributed by atoms with van der Waals surface area (Å²) in [6, 6.07) is 18.5. The molecule has 144 valence electrons. The summed E-state index contributed by atoms with van der Waals surface area (Å²) in [4.78, 5) is 16.9. The van der Waals surface area contributed by atoms with E-state index in [2.05, 4.69) is 27.0 Å². The number of rotatable bonds is 8. The van der Waals surface area contributed by atoms with E-state index in [9.17, 15) is 4.79 Å². The van der Waals surface area contributed by atoms with Crippen LogP contribution in [-0.2, 0) is 11.3 Å². The summed E-state index contributed by atoms with van der Waals surface area (Å²) in [6.45, 7) is 0.510. The highest BCUT2D eigenvalue weighted by Crippen LogP contribution is 2.41. The third kappa shape index (κ3) is 4.39. The van der Waals surface area contributed by atoms with Crippen LogP contribution in [0.3, 0.4) is 0 Å². The zero-order chi connectivity index (χ0) is 19.3. The molecule has 0 unspecified atom stereocenters. The van der Waals surface area contributed by atoms with Gasteiger partial charge in [-0.05, 0) is 36.1 Å². The molecule has 1 saturated carbocycles. The van der Waals surface area contributed by atoms with Crippen molar-refractivity contribution in [2.24, 2.45) is 0 Å². The molecule has 0 radical (unpaired) electrons. The third-order valence-corrected chi connectivity index (χ3v) is 5.69. The van der Waals surface area contributed by atoms with Gasteiger partial charge < -0.3 is 14.6 Å². The van der Waals surface area contributed by atoms with Crippen LogP contribution in [0.1, 0.15) is 24.4 Å². The van der Waals surface area contributed by atoms with Crippen LogP contribution in [0.5, 0.6) is 5.75 Å². The fourth-order valence-corrected chi connectivity index (χ4v) is 3.96. The van der Waals surface area contributed by atoms with Gasteiger partial charge in [0.1, 0.15) is 5.75 Å². The molecule has 0 atom stereocenters. The van der Waals surface area contributed by atoms with Crippen molar-refractivity contribution in [2.75, 3.05) is 12.9 Å². The fraction of sp³-hybridized carbons (Fsp3) is 0.273. The Hall–Kier alpha value is -2.73. The first-order chi connectivity index (χ1) is 13.7. The van der Waals surface area contributed by atoms with Crippen molar-refractivity contribution in [3.63, 3.8) is 0 Å². The van der Waals surface area contributed by atoms with Crippen molar-refractivity contribution in [3.8, 4) is 17.0 Å². The van der Waals surface area contributed by atoms with Crippen LogP contribution in [0.25, 0.3) is 11.3 Å². The topological polar surface area (TPSA) is 56.1 Å². The molecule has 3 aromatic rings. The maximum Gasteiger partial charge on any atom is 0.230 e. The van der Waals surface area contributed by atoms with Gasteiger partial charge >= 0.3 is 0 Å². The standard InChI is InChI=1S/C22H23N3O2S/c1-27-19-11-7-16(8-12-19)13-23-21(26)15-28-22-24-14-20(25(22)18-9-10-18)17-5-3-2-4-6-17/h2-8,11-12,14,18H,9-10,13,15H2,1H3,(H,23,26). The number of amides is 1. The van der Waals surface area contributed by atoms with E-state index in [1.807, 2.05) is 48.7 Å². The van der Waals surface area contributed by atoms with Crippen LogP contribution in [0, 0.1) is 0 Å². The van der Waals surface area contributed by atoms with Crippen LogP contribution >= 0.6 is 11.8 Å². The SMILES string of the molecule is COc1ccc(CNC(=O)CSc2ncc(-c3ccccc3)n2C2CC2)cc1. The van der Waals surface area contributed by atoms with Gasteiger partial charge in [0.15, 0.2) is 5.16 Å². The zero-order valence-electron chi connectivity index (χ0n) is 15.8. The number of aromatic nitrogens is 2. The first-order valence-electron chi connectivity index (χ1n) is 9.39. The molecule has 4 rings (SSSR count). The third-order valence-electron chi connectivity index (χ3n) is 4.73. The molecular formula is C22H23N3O2S. The summed E-state index contributed by atoms with van der Waals surface area (Å²) in [5, 5.41) is 3.89. The van der Waals surface area contributed by atoms with Crippen LogP contribution < -0.4 is 10.1 Å². The molecule has 1 aromatic heterocycles. The lowest BCUT2D eigenvalue weighted by molar-refractivity contribution is -0.118. The van der Waals surface area contributed by atoms with Crippen LogP contribution in [0.4, 0.5) is 0 Å². The van der Waals surface area contributed by atoms with E-state index in [-0.39, 0.29) is 5.91 Å². The van der Waals surface area contributed by atoms with Crippen LogP contribution in [-0.4, -0.2) is 28.3 Å². The van der Waals surface area contributed by atoms with Gasteiger partial charge in [-0.1, -0.05) is 54.2 Å². The van der Waals surface area contributed by atoms with E-state index in [0.717, 1.165) is 27.7 Å². The van der Waals surface area contributed by atoms with Gasteiger partial charge in [-0.3, -0.25) is 4.79 Å². The Kier molecular flexibility index (Phi) is 5.67. The molecule has 0 spiro atoms. The largest absolute Gasteiger partial charge is 0.497 e. The van der Waals surface area contributed by atoms with Crippen molar-refractivity contribution in [2.45, 2.75) is 30.6 Å². The Labute approximate surface area is 169 Å². The van der Waals surface area contributed by atoms with Crippen LogP contribution in [0.15, 0.2) is 66.0 Å².